The summed E-state index contributed by atoms with van der Waals surface area (Å²) in [6.07, 6.45) is 1.28. The van der Waals surface area contributed by atoms with Crippen molar-refractivity contribution in [2.45, 2.75) is 6.92 Å². The second-order valence-corrected chi connectivity index (χ2v) is 5.28. The molecule has 0 saturated heterocycles. The monoisotopic (exact) mass is 338 g/mol. The fraction of sp³-hybridized carbons (Fsp3) is 0.133. The Morgan fingerprint density at radius 3 is 2.64 bits per heavy atom. The number of aromatic nitrogens is 1. The summed E-state index contributed by atoms with van der Waals surface area (Å²) in [6.45, 7) is 1.41. The number of aryl methyl sites for hydroxylation is 1. The topological polar surface area (TPSA) is 68.3 Å². The molecule has 1 N–H and O–H groups in total. The first kappa shape index (κ1) is 16.3. The molecule has 0 fully saturated rings. The van der Waals surface area contributed by atoms with Crippen molar-refractivity contribution in [2.75, 3.05) is 11.9 Å². The van der Waals surface area contributed by atoms with Crippen molar-refractivity contribution < 1.29 is 14.3 Å². The Morgan fingerprint density at radius 1 is 1.23 bits per heavy atom. The van der Waals surface area contributed by atoms with Gasteiger partial charge in [-0.2, -0.15) is 0 Å². The zero-order valence-electron chi connectivity index (χ0n) is 11.6. The zero-order chi connectivity index (χ0) is 16.1. The van der Waals surface area contributed by atoms with Crippen molar-refractivity contribution in [3.05, 3.63) is 57.8 Å². The molecule has 114 valence electrons. The number of esters is 1. The second kappa shape index (κ2) is 7.24. The van der Waals surface area contributed by atoms with Crippen LogP contribution >= 0.6 is 23.2 Å². The number of nitrogens with one attached hydrogen (secondary N) is 1. The molecule has 0 aliphatic rings. The number of pyridine rings is 1. The molecular weight excluding hydrogens is 327 g/mol. The summed E-state index contributed by atoms with van der Waals surface area (Å²) >= 11 is 11.5. The smallest absolute Gasteiger partial charge is 0.340 e. The molecule has 1 heterocycles. The Balaban J connectivity index is 1.89. The van der Waals surface area contributed by atoms with E-state index in [0.717, 1.165) is 5.56 Å². The molecule has 7 heteroatoms. The summed E-state index contributed by atoms with van der Waals surface area (Å²) in [4.78, 5) is 27.3. The molecule has 22 heavy (non-hydrogen) atoms. The predicted octanol–water partition coefficient (Wildman–Crippen LogP) is 3.49. The largest absolute Gasteiger partial charge is 0.452 e. The van der Waals surface area contributed by atoms with Crippen molar-refractivity contribution in [3.63, 3.8) is 0 Å². The molecule has 2 aromatic rings. The Kier molecular flexibility index (Phi) is 5.35. The number of carbonyl (C=O) groups excluding carboxylic acids is 2. The Bertz CT molecular complexity index is 702. The second-order valence-electron chi connectivity index (χ2n) is 4.45. The van der Waals surface area contributed by atoms with Crippen LogP contribution in [0.15, 0.2) is 36.5 Å². The predicted molar refractivity (Wildman–Crippen MR) is 84.3 cm³/mol. The Morgan fingerprint density at radius 2 is 2.00 bits per heavy atom. The van der Waals surface area contributed by atoms with E-state index >= 15 is 0 Å². The molecule has 0 radical (unpaired) electrons. The van der Waals surface area contributed by atoms with Crippen LogP contribution in [-0.2, 0) is 9.53 Å². The van der Waals surface area contributed by atoms with Crippen LogP contribution in [0.1, 0.15) is 15.9 Å². The first-order valence-electron chi connectivity index (χ1n) is 6.30. The molecular formula is C15H12Cl2N2O3. The third-order valence-electron chi connectivity index (χ3n) is 2.76. The summed E-state index contributed by atoms with van der Waals surface area (Å²) < 4.78 is 4.91. The van der Waals surface area contributed by atoms with E-state index in [1.54, 1.807) is 18.2 Å². The zero-order valence-corrected chi connectivity index (χ0v) is 13.1. The lowest BCUT2D eigenvalue weighted by molar-refractivity contribution is -0.119. The number of hydrogen-bond acceptors (Lipinski definition) is 4. The molecule has 0 saturated carbocycles. The molecule has 2 rings (SSSR count). The van der Waals surface area contributed by atoms with E-state index < -0.39 is 18.5 Å². The van der Waals surface area contributed by atoms with Crippen molar-refractivity contribution >= 4 is 40.8 Å². The van der Waals surface area contributed by atoms with Gasteiger partial charge in [-0.3, -0.25) is 4.79 Å². The molecule has 1 aromatic heterocycles. The highest BCUT2D eigenvalue weighted by Gasteiger charge is 2.11. The average molecular weight is 339 g/mol. The number of anilines is 1. The van der Waals surface area contributed by atoms with Gasteiger partial charge in [0.05, 0.1) is 5.56 Å². The maximum absolute atomic E-state index is 11.8. The first-order valence-corrected chi connectivity index (χ1v) is 7.06. The number of hydrogen-bond donors (Lipinski definition) is 1. The van der Waals surface area contributed by atoms with Gasteiger partial charge in [-0.25, -0.2) is 9.78 Å². The van der Waals surface area contributed by atoms with Crippen LogP contribution in [0, 0.1) is 6.92 Å². The van der Waals surface area contributed by atoms with Crippen LogP contribution in [0.2, 0.25) is 10.2 Å². The van der Waals surface area contributed by atoms with Gasteiger partial charge in [0, 0.05) is 16.9 Å². The van der Waals surface area contributed by atoms with Crippen LogP contribution in [0.3, 0.4) is 0 Å². The highest BCUT2D eigenvalue weighted by Crippen LogP contribution is 2.19. The van der Waals surface area contributed by atoms with E-state index in [1.807, 2.05) is 6.92 Å². The minimum atomic E-state index is -0.646. The number of rotatable bonds is 4. The van der Waals surface area contributed by atoms with Crippen LogP contribution in [0.25, 0.3) is 0 Å². The quantitative estimate of drug-likeness (QED) is 0.684. The summed E-state index contributed by atoms with van der Waals surface area (Å²) in [5, 5.41) is 3.49. The van der Waals surface area contributed by atoms with E-state index in [2.05, 4.69) is 10.3 Å². The average Bonchev–Trinajstić information content (AvgIpc) is 2.48. The number of benzene rings is 1. The third-order valence-corrected chi connectivity index (χ3v) is 3.22. The maximum Gasteiger partial charge on any atom is 0.340 e. The number of nitrogens with zero attached hydrogens (tertiary/aromatic N) is 1. The summed E-state index contributed by atoms with van der Waals surface area (Å²) in [7, 11) is 0. The van der Waals surface area contributed by atoms with Crippen molar-refractivity contribution in [2.24, 2.45) is 0 Å². The Labute approximate surface area is 137 Å². The van der Waals surface area contributed by atoms with Crippen LogP contribution in [-0.4, -0.2) is 23.5 Å². The van der Waals surface area contributed by atoms with Gasteiger partial charge in [0.2, 0.25) is 0 Å². The SMILES string of the molecule is Cc1cc(Cl)ccc1NC(=O)COC(=O)c1ccc(Cl)nc1. The fourth-order valence-electron chi connectivity index (χ4n) is 1.66. The highest BCUT2D eigenvalue weighted by atomic mass is 35.5. The van der Waals surface area contributed by atoms with Gasteiger partial charge in [0.25, 0.3) is 5.91 Å². The maximum atomic E-state index is 11.8. The van der Waals surface area contributed by atoms with Crippen molar-refractivity contribution in [3.8, 4) is 0 Å². The molecule has 5 nitrogen and oxygen atoms in total. The van der Waals surface area contributed by atoms with E-state index in [4.69, 9.17) is 27.9 Å². The number of halogens is 2. The van der Waals surface area contributed by atoms with Gasteiger partial charge in [-0.05, 0) is 42.8 Å². The van der Waals surface area contributed by atoms with Crippen LogP contribution in [0.4, 0.5) is 5.69 Å². The molecule has 1 amide bonds. The lowest BCUT2D eigenvalue weighted by atomic mass is 10.2. The fourth-order valence-corrected chi connectivity index (χ4v) is 2.00. The lowest BCUT2D eigenvalue weighted by Gasteiger charge is -2.09. The first-order chi connectivity index (χ1) is 10.5. The van der Waals surface area contributed by atoms with Gasteiger partial charge in [0.1, 0.15) is 5.15 Å². The molecule has 0 atom stereocenters. The molecule has 0 spiro atoms. The van der Waals surface area contributed by atoms with Crippen molar-refractivity contribution in [1.82, 2.24) is 4.98 Å². The summed E-state index contributed by atoms with van der Waals surface area (Å²) in [5.74, 6) is -1.09. The standard InChI is InChI=1S/C15H12Cl2N2O3/c1-9-6-11(16)3-4-12(9)19-14(20)8-22-15(21)10-2-5-13(17)18-7-10/h2-7H,8H2,1H3,(H,19,20). The highest BCUT2D eigenvalue weighted by molar-refractivity contribution is 6.30. The molecule has 0 bridgehead atoms. The number of carbonyl (C=O) groups is 2. The van der Waals surface area contributed by atoms with Crippen molar-refractivity contribution in [1.29, 1.82) is 0 Å². The minimum Gasteiger partial charge on any atom is -0.452 e. The third kappa shape index (κ3) is 4.44. The lowest BCUT2D eigenvalue weighted by Crippen LogP contribution is -2.21. The summed E-state index contributed by atoms with van der Waals surface area (Å²) in [5.41, 5.74) is 1.65. The molecule has 0 unspecified atom stereocenters. The van der Waals surface area contributed by atoms with E-state index in [9.17, 15) is 9.59 Å². The van der Waals surface area contributed by atoms with Gasteiger partial charge < -0.3 is 10.1 Å². The summed E-state index contributed by atoms with van der Waals surface area (Å²) in [6, 6.07) is 8.01. The van der Waals surface area contributed by atoms with Crippen LogP contribution < -0.4 is 5.32 Å². The van der Waals surface area contributed by atoms with E-state index in [1.165, 1.54) is 18.3 Å². The normalized spacial score (nSPS) is 10.1. The van der Waals surface area contributed by atoms with E-state index in [0.29, 0.717) is 10.7 Å². The van der Waals surface area contributed by atoms with Gasteiger partial charge in [-0.15, -0.1) is 0 Å². The van der Waals surface area contributed by atoms with Gasteiger partial charge >= 0.3 is 5.97 Å². The number of amides is 1. The van der Waals surface area contributed by atoms with Gasteiger partial charge in [0.15, 0.2) is 6.61 Å². The minimum absolute atomic E-state index is 0.222. The molecule has 1 aromatic carbocycles. The molecule has 0 aliphatic carbocycles. The van der Waals surface area contributed by atoms with Gasteiger partial charge in [-0.1, -0.05) is 23.2 Å². The molecule has 0 aliphatic heterocycles. The van der Waals surface area contributed by atoms with E-state index in [-0.39, 0.29) is 10.7 Å². The Hall–Kier alpha value is -2.11. The number of ether oxygens (including phenoxy) is 1. The van der Waals surface area contributed by atoms with Crippen LogP contribution in [0.5, 0.6) is 0 Å².